The van der Waals surface area contributed by atoms with E-state index in [1.165, 1.54) is 0 Å². The van der Waals surface area contributed by atoms with Crippen LogP contribution in [0.3, 0.4) is 0 Å². The molecule has 0 saturated heterocycles. The van der Waals surface area contributed by atoms with E-state index < -0.39 is 0 Å². The van der Waals surface area contributed by atoms with Crippen molar-refractivity contribution in [1.29, 1.82) is 0 Å². The minimum Gasteiger partial charge on any atom is -0.0528 e. The van der Waals surface area contributed by atoms with Gasteiger partial charge in [0.1, 0.15) is 0 Å². The molecule has 2 rings (SSSR count). The Labute approximate surface area is 124 Å². The molecule has 2 heteroatoms. The minimum atomic E-state index is 0.961. The molecule has 0 radical (unpaired) electrons. The first-order valence-electron chi connectivity index (χ1n) is 5.27. The molecule has 2 aromatic rings. The highest BCUT2D eigenvalue weighted by molar-refractivity contribution is 9.10. The normalized spacial score (nSPS) is 8.78. The lowest BCUT2D eigenvalue weighted by Crippen LogP contribution is -1.73. The molecule has 0 spiro atoms. The summed E-state index contributed by atoms with van der Waals surface area (Å²) in [4.78, 5) is 0. The second kappa shape index (κ2) is 6.45. The van der Waals surface area contributed by atoms with E-state index in [1.807, 2.05) is 48.5 Å². The van der Waals surface area contributed by atoms with E-state index in [1.54, 1.807) is 0 Å². The Balaban J connectivity index is 2.09. The maximum atomic E-state index is 3.38. The fourth-order valence-electron chi connectivity index (χ4n) is 1.27. The van der Waals surface area contributed by atoms with E-state index in [0.29, 0.717) is 0 Å². The number of halogens is 2. The predicted molar refractivity (Wildman–Crippen MR) is 82.0 cm³/mol. The van der Waals surface area contributed by atoms with Crippen molar-refractivity contribution in [2.75, 3.05) is 0 Å². The van der Waals surface area contributed by atoms with Gasteiger partial charge in [0, 0.05) is 20.1 Å². The van der Waals surface area contributed by atoms with Gasteiger partial charge in [-0.15, -0.1) is 0 Å². The maximum absolute atomic E-state index is 3.38. The van der Waals surface area contributed by atoms with Crippen molar-refractivity contribution in [2.45, 2.75) is 0 Å². The zero-order valence-electron chi connectivity index (χ0n) is 9.37. The molecule has 0 atom stereocenters. The number of benzene rings is 2. The fraction of sp³-hybridized carbons (Fsp3) is 0. The molecule has 0 nitrogen and oxygen atoms in total. The number of hydrogen-bond acceptors (Lipinski definition) is 0. The maximum Gasteiger partial charge on any atom is 0.0256 e. The van der Waals surface area contributed by atoms with Crippen molar-refractivity contribution >= 4 is 31.9 Å². The minimum absolute atomic E-state index is 0.961. The van der Waals surface area contributed by atoms with Crippen molar-refractivity contribution in [1.82, 2.24) is 0 Å². The second-order valence-corrected chi connectivity index (χ2v) is 5.35. The highest BCUT2D eigenvalue weighted by Crippen LogP contribution is 2.10. The first kappa shape index (κ1) is 13.0. The third-order valence-corrected chi connectivity index (χ3v) is 3.22. The monoisotopic (exact) mass is 358 g/mol. The Morgan fingerprint density at radius 1 is 0.556 bits per heavy atom. The Hall–Kier alpha value is -1.48. The van der Waals surface area contributed by atoms with E-state index >= 15 is 0 Å². The summed E-state index contributed by atoms with van der Waals surface area (Å²) in [6.07, 6.45) is 0. The zero-order valence-corrected chi connectivity index (χ0v) is 12.5. The highest BCUT2D eigenvalue weighted by Gasteiger charge is 1.87. The van der Waals surface area contributed by atoms with Crippen LogP contribution in [-0.2, 0) is 0 Å². The van der Waals surface area contributed by atoms with Crippen LogP contribution in [0.2, 0.25) is 0 Å². The van der Waals surface area contributed by atoms with Crippen LogP contribution >= 0.6 is 31.9 Å². The fourth-order valence-corrected chi connectivity index (χ4v) is 1.80. The predicted octanol–water partition coefficient (Wildman–Crippen LogP) is 4.61. The smallest absolute Gasteiger partial charge is 0.0256 e. The van der Waals surface area contributed by atoms with Crippen LogP contribution in [0.25, 0.3) is 0 Å². The molecule has 0 heterocycles. The molecule has 0 bridgehead atoms. The number of rotatable bonds is 0. The van der Waals surface area contributed by atoms with E-state index in [4.69, 9.17) is 0 Å². The molecule has 0 unspecified atom stereocenters. The van der Waals surface area contributed by atoms with Crippen molar-refractivity contribution in [3.63, 3.8) is 0 Å². The lowest BCUT2D eigenvalue weighted by atomic mass is 10.2. The summed E-state index contributed by atoms with van der Waals surface area (Å²) < 4.78 is 2.10. The Kier molecular flexibility index (Phi) is 4.65. The van der Waals surface area contributed by atoms with Crippen LogP contribution in [0.4, 0.5) is 0 Å². The number of hydrogen-bond donors (Lipinski definition) is 0. The summed E-state index contributed by atoms with van der Waals surface area (Å²) in [5.41, 5.74) is 1.92. The van der Waals surface area contributed by atoms with Gasteiger partial charge in [-0.1, -0.05) is 43.7 Å². The second-order valence-electron chi connectivity index (χ2n) is 3.51. The lowest BCUT2D eigenvalue weighted by molar-refractivity contribution is 1.60. The first-order chi connectivity index (χ1) is 8.74. The van der Waals surface area contributed by atoms with Gasteiger partial charge in [0.15, 0.2) is 0 Å². The molecule has 0 aliphatic rings. The van der Waals surface area contributed by atoms with Crippen LogP contribution in [0.5, 0.6) is 0 Å². The van der Waals surface area contributed by atoms with Crippen LogP contribution in [0.15, 0.2) is 57.5 Å². The Bertz CT molecular complexity index is 583. The van der Waals surface area contributed by atoms with Gasteiger partial charge < -0.3 is 0 Å². The third kappa shape index (κ3) is 4.08. The molecular formula is C16H8Br2. The van der Waals surface area contributed by atoms with Crippen molar-refractivity contribution in [3.05, 3.63) is 68.6 Å². The summed E-state index contributed by atoms with van der Waals surface area (Å²) in [5.74, 6) is 11.7. The quantitative estimate of drug-likeness (QED) is 0.602. The molecule has 86 valence electrons. The highest BCUT2D eigenvalue weighted by atomic mass is 79.9. The van der Waals surface area contributed by atoms with Crippen molar-refractivity contribution in [3.8, 4) is 23.7 Å². The standard InChI is InChI=1S/C16H8Br2/c17-15-9-5-13(6-10-15)3-1-2-4-14-7-11-16(18)12-8-14/h5-12H. The zero-order chi connectivity index (χ0) is 12.8. The largest absolute Gasteiger partial charge is 0.0528 e. The average molecular weight is 360 g/mol. The van der Waals surface area contributed by atoms with E-state index in [0.717, 1.165) is 20.1 Å². The summed E-state index contributed by atoms with van der Waals surface area (Å²) in [7, 11) is 0. The third-order valence-electron chi connectivity index (χ3n) is 2.16. The first-order valence-corrected chi connectivity index (χ1v) is 6.86. The van der Waals surface area contributed by atoms with Gasteiger partial charge in [0.05, 0.1) is 0 Å². The Morgan fingerprint density at radius 3 is 1.22 bits per heavy atom. The molecule has 0 fully saturated rings. The summed E-state index contributed by atoms with van der Waals surface area (Å²) >= 11 is 6.77. The SMILES string of the molecule is Brc1ccc(C#CC#Cc2ccc(Br)cc2)cc1. The molecule has 0 saturated carbocycles. The Morgan fingerprint density at radius 2 is 0.889 bits per heavy atom. The van der Waals surface area contributed by atoms with E-state index in [2.05, 4.69) is 55.5 Å². The van der Waals surface area contributed by atoms with Gasteiger partial charge in [0.25, 0.3) is 0 Å². The van der Waals surface area contributed by atoms with Gasteiger partial charge >= 0.3 is 0 Å². The molecular weight excluding hydrogens is 352 g/mol. The lowest BCUT2D eigenvalue weighted by Gasteiger charge is -1.89. The topological polar surface area (TPSA) is 0 Å². The molecule has 0 aromatic heterocycles. The van der Waals surface area contributed by atoms with Crippen LogP contribution in [-0.4, -0.2) is 0 Å². The average Bonchev–Trinajstić information content (AvgIpc) is 2.39. The van der Waals surface area contributed by atoms with Crippen LogP contribution in [0.1, 0.15) is 11.1 Å². The van der Waals surface area contributed by atoms with Gasteiger partial charge in [-0.2, -0.15) is 0 Å². The molecule has 0 amide bonds. The van der Waals surface area contributed by atoms with Gasteiger partial charge in [-0.05, 0) is 60.4 Å². The van der Waals surface area contributed by atoms with Crippen molar-refractivity contribution in [2.24, 2.45) is 0 Å². The van der Waals surface area contributed by atoms with Crippen LogP contribution in [0, 0.1) is 23.7 Å². The van der Waals surface area contributed by atoms with Gasteiger partial charge in [0.2, 0.25) is 0 Å². The molecule has 0 aliphatic heterocycles. The van der Waals surface area contributed by atoms with E-state index in [9.17, 15) is 0 Å². The molecule has 0 N–H and O–H groups in total. The molecule has 2 aromatic carbocycles. The summed E-state index contributed by atoms with van der Waals surface area (Å²) in [6.45, 7) is 0. The van der Waals surface area contributed by atoms with Crippen molar-refractivity contribution < 1.29 is 0 Å². The van der Waals surface area contributed by atoms with Gasteiger partial charge in [-0.3, -0.25) is 0 Å². The summed E-state index contributed by atoms with van der Waals surface area (Å²) in [5, 5.41) is 0. The van der Waals surface area contributed by atoms with Crippen LogP contribution < -0.4 is 0 Å². The molecule has 18 heavy (non-hydrogen) atoms. The molecule has 0 aliphatic carbocycles. The van der Waals surface area contributed by atoms with Gasteiger partial charge in [-0.25, -0.2) is 0 Å². The summed E-state index contributed by atoms with van der Waals surface area (Å²) in [6, 6.07) is 15.7. The van der Waals surface area contributed by atoms with E-state index in [-0.39, 0.29) is 0 Å².